The molecule has 0 radical (unpaired) electrons. The van der Waals surface area contributed by atoms with Gasteiger partial charge in [-0.15, -0.1) is 11.3 Å². The van der Waals surface area contributed by atoms with Gasteiger partial charge in [0.25, 0.3) is 11.8 Å². The highest BCUT2D eigenvalue weighted by Gasteiger charge is 2.23. The van der Waals surface area contributed by atoms with Crippen LogP contribution < -0.4 is 10.2 Å². The zero-order valence-electron chi connectivity index (χ0n) is 15.5. The van der Waals surface area contributed by atoms with E-state index in [0.29, 0.717) is 33.4 Å². The van der Waals surface area contributed by atoms with Crippen molar-refractivity contribution in [2.45, 2.75) is 19.3 Å². The molecule has 29 heavy (non-hydrogen) atoms. The van der Waals surface area contributed by atoms with Gasteiger partial charge < -0.3 is 10.2 Å². The van der Waals surface area contributed by atoms with Crippen LogP contribution in [0, 0.1) is 0 Å². The average Bonchev–Trinajstić information content (AvgIpc) is 3.09. The zero-order chi connectivity index (χ0) is 20.4. The van der Waals surface area contributed by atoms with Crippen molar-refractivity contribution in [2.75, 3.05) is 16.8 Å². The topological polar surface area (TPSA) is 49.4 Å². The van der Waals surface area contributed by atoms with Gasteiger partial charge in [-0.1, -0.05) is 23.2 Å². The van der Waals surface area contributed by atoms with E-state index >= 15 is 0 Å². The first-order valence-electron chi connectivity index (χ1n) is 9.27. The number of halogens is 2. The lowest BCUT2D eigenvalue weighted by Crippen LogP contribution is -2.31. The Morgan fingerprint density at radius 1 is 1.00 bits per heavy atom. The molecular formula is C22H18Cl2N2O2S. The van der Waals surface area contributed by atoms with Crippen LogP contribution >= 0.6 is 34.5 Å². The second-order valence-corrected chi connectivity index (χ2v) is 8.64. The molecule has 1 aliphatic heterocycles. The Bertz CT molecular complexity index is 1060. The summed E-state index contributed by atoms with van der Waals surface area (Å²) in [5, 5.41) is 5.59. The molecule has 3 aromatic rings. The first-order chi connectivity index (χ1) is 14.0. The monoisotopic (exact) mass is 444 g/mol. The maximum absolute atomic E-state index is 13.1. The van der Waals surface area contributed by atoms with Crippen molar-refractivity contribution in [1.29, 1.82) is 0 Å². The fraction of sp³-hybridized carbons (Fsp3) is 0.182. The van der Waals surface area contributed by atoms with Crippen molar-refractivity contribution in [3.8, 4) is 0 Å². The number of fused-ring (bicyclic) bond motifs is 1. The molecule has 4 nitrogen and oxygen atoms in total. The van der Waals surface area contributed by atoms with Gasteiger partial charge in [-0.3, -0.25) is 9.59 Å². The number of carbonyl (C=O) groups is 2. The third kappa shape index (κ3) is 4.32. The van der Waals surface area contributed by atoms with E-state index in [9.17, 15) is 9.59 Å². The number of thiophene rings is 1. The molecule has 0 bridgehead atoms. The molecule has 148 valence electrons. The summed E-state index contributed by atoms with van der Waals surface area (Å²) in [5.41, 5.74) is 2.48. The number of hydrogen-bond donors (Lipinski definition) is 1. The van der Waals surface area contributed by atoms with Crippen LogP contribution in [0.3, 0.4) is 0 Å². The molecule has 0 saturated heterocycles. The van der Waals surface area contributed by atoms with E-state index < -0.39 is 0 Å². The average molecular weight is 445 g/mol. The predicted molar refractivity (Wildman–Crippen MR) is 120 cm³/mol. The van der Waals surface area contributed by atoms with E-state index in [1.807, 2.05) is 16.3 Å². The number of aryl methyl sites for hydroxylation is 1. The Labute approximate surface area is 183 Å². The zero-order valence-corrected chi connectivity index (χ0v) is 17.8. The van der Waals surface area contributed by atoms with Gasteiger partial charge in [-0.25, -0.2) is 0 Å². The normalized spacial score (nSPS) is 13.5. The largest absolute Gasteiger partial charge is 0.322 e. The second kappa shape index (κ2) is 8.57. The molecule has 2 heterocycles. The van der Waals surface area contributed by atoms with E-state index in [4.69, 9.17) is 23.2 Å². The minimum Gasteiger partial charge on any atom is -0.322 e. The molecule has 1 N–H and O–H groups in total. The minimum atomic E-state index is -0.355. The molecule has 0 atom stereocenters. The maximum Gasteiger partial charge on any atom is 0.258 e. The molecule has 0 fully saturated rings. The van der Waals surface area contributed by atoms with Crippen LogP contribution in [0.2, 0.25) is 10.0 Å². The number of rotatable bonds is 3. The van der Waals surface area contributed by atoms with Gasteiger partial charge in [0.1, 0.15) is 0 Å². The molecule has 0 spiro atoms. The molecular weight excluding hydrogens is 427 g/mol. The maximum atomic E-state index is 13.1. The van der Waals surface area contributed by atoms with Crippen LogP contribution in [0.1, 0.15) is 38.4 Å². The SMILES string of the molecule is O=C(Nc1ccc(C(=O)N2CCCCc3sccc32)cc1)c1cc(Cl)ccc1Cl. The number of anilines is 2. The lowest BCUT2D eigenvalue weighted by molar-refractivity contribution is 0.0986. The van der Waals surface area contributed by atoms with E-state index in [1.165, 1.54) is 10.9 Å². The molecule has 1 aliphatic rings. The van der Waals surface area contributed by atoms with Crippen molar-refractivity contribution in [1.82, 2.24) is 0 Å². The standard InChI is InChI=1S/C22H18Cl2N2O2S/c23-15-6-9-18(24)17(13-15)21(27)25-16-7-4-14(5-8-16)22(28)26-11-2-1-3-20-19(26)10-12-29-20/h4-10,12-13H,1-3,11H2,(H,25,27). The molecule has 1 aromatic heterocycles. The summed E-state index contributed by atoms with van der Waals surface area (Å²) in [7, 11) is 0. The summed E-state index contributed by atoms with van der Waals surface area (Å²) in [5.74, 6) is -0.380. The third-order valence-electron chi connectivity index (χ3n) is 4.86. The lowest BCUT2D eigenvalue weighted by atomic mass is 10.1. The van der Waals surface area contributed by atoms with Crippen molar-refractivity contribution in [2.24, 2.45) is 0 Å². The number of hydrogen-bond acceptors (Lipinski definition) is 3. The summed E-state index contributed by atoms with van der Waals surface area (Å²) in [4.78, 5) is 28.7. The molecule has 2 amide bonds. The van der Waals surface area contributed by atoms with Crippen LogP contribution in [0.5, 0.6) is 0 Å². The Morgan fingerprint density at radius 2 is 1.79 bits per heavy atom. The van der Waals surface area contributed by atoms with Gasteiger partial charge in [-0.2, -0.15) is 0 Å². The van der Waals surface area contributed by atoms with Gasteiger partial charge in [0.2, 0.25) is 0 Å². The van der Waals surface area contributed by atoms with Crippen molar-refractivity contribution >= 4 is 57.7 Å². The van der Waals surface area contributed by atoms with Crippen molar-refractivity contribution in [3.05, 3.63) is 80.0 Å². The highest BCUT2D eigenvalue weighted by atomic mass is 35.5. The summed E-state index contributed by atoms with van der Waals surface area (Å²) in [6.45, 7) is 0.717. The molecule has 0 aliphatic carbocycles. The highest BCUT2D eigenvalue weighted by molar-refractivity contribution is 7.10. The van der Waals surface area contributed by atoms with Crippen LogP contribution in [-0.4, -0.2) is 18.4 Å². The summed E-state index contributed by atoms with van der Waals surface area (Å²) < 4.78 is 0. The Hall–Kier alpha value is -2.34. The Morgan fingerprint density at radius 3 is 2.59 bits per heavy atom. The van der Waals surface area contributed by atoms with E-state index in [2.05, 4.69) is 5.32 Å². The van der Waals surface area contributed by atoms with E-state index in [1.54, 1.807) is 47.7 Å². The van der Waals surface area contributed by atoms with E-state index in [0.717, 1.165) is 24.9 Å². The Kier molecular flexibility index (Phi) is 5.90. The molecule has 2 aromatic carbocycles. The van der Waals surface area contributed by atoms with Crippen molar-refractivity contribution in [3.63, 3.8) is 0 Å². The second-order valence-electron chi connectivity index (χ2n) is 6.80. The number of nitrogens with one attached hydrogen (secondary N) is 1. The minimum absolute atomic E-state index is 0.0256. The van der Waals surface area contributed by atoms with Gasteiger partial charge in [0.05, 0.1) is 16.3 Å². The molecule has 4 rings (SSSR count). The smallest absolute Gasteiger partial charge is 0.258 e. The first kappa shape index (κ1) is 20.0. The van der Waals surface area contributed by atoms with Crippen LogP contribution in [0.25, 0.3) is 0 Å². The molecule has 0 saturated carbocycles. The number of nitrogens with zero attached hydrogens (tertiary/aromatic N) is 1. The predicted octanol–water partition coefficient (Wildman–Crippen LogP) is 6.29. The fourth-order valence-corrected chi connectivity index (χ4v) is 4.67. The van der Waals surface area contributed by atoms with Gasteiger partial charge in [0.15, 0.2) is 0 Å². The number of amides is 2. The quantitative estimate of drug-likeness (QED) is 0.515. The van der Waals surface area contributed by atoms with Gasteiger partial charge in [-0.05, 0) is 73.2 Å². The Balaban J connectivity index is 1.50. The summed E-state index contributed by atoms with van der Waals surface area (Å²) >= 11 is 13.7. The van der Waals surface area contributed by atoms with Gasteiger partial charge >= 0.3 is 0 Å². The van der Waals surface area contributed by atoms with E-state index in [-0.39, 0.29) is 11.8 Å². The number of benzene rings is 2. The van der Waals surface area contributed by atoms with Crippen LogP contribution in [0.15, 0.2) is 53.9 Å². The van der Waals surface area contributed by atoms with Gasteiger partial charge in [0, 0.05) is 27.7 Å². The third-order valence-corrected chi connectivity index (χ3v) is 6.39. The number of carbonyl (C=O) groups excluding carboxylic acids is 2. The van der Waals surface area contributed by atoms with Crippen LogP contribution in [-0.2, 0) is 6.42 Å². The summed E-state index contributed by atoms with van der Waals surface area (Å²) in [6, 6.07) is 13.7. The summed E-state index contributed by atoms with van der Waals surface area (Å²) in [6.07, 6.45) is 3.10. The molecule has 7 heteroatoms. The fourth-order valence-electron chi connectivity index (χ4n) is 3.37. The van der Waals surface area contributed by atoms with Crippen molar-refractivity contribution < 1.29 is 9.59 Å². The first-order valence-corrected chi connectivity index (χ1v) is 10.9. The lowest BCUT2D eigenvalue weighted by Gasteiger charge is -2.21. The molecule has 0 unspecified atom stereocenters. The highest BCUT2D eigenvalue weighted by Crippen LogP contribution is 2.32. The van der Waals surface area contributed by atoms with Crippen LogP contribution in [0.4, 0.5) is 11.4 Å².